The Morgan fingerprint density at radius 3 is 2.52 bits per heavy atom. The SMILES string of the molecule is CCOc1ccc(NC(=O)[C@H]2[C@H]3C(=O)N(CCCO)C(C(=O)Nc4cc(C)ccc4C)C34CC(C)[C@]2(C)O4)cc1. The van der Waals surface area contributed by atoms with Gasteiger partial charge in [-0.2, -0.15) is 0 Å². The van der Waals surface area contributed by atoms with Crippen molar-refractivity contribution in [3.05, 3.63) is 53.6 Å². The number of aliphatic hydroxyl groups is 1. The van der Waals surface area contributed by atoms with Gasteiger partial charge in [-0.25, -0.2) is 0 Å². The second-order valence-corrected chi connectivity index (χ2v) is 11.6. The predicted octanol–water partition coefficient (Wildman–Crippen LogP) is 3.67. The van der Waals surface area contributed by atoms with Gasteiger partial charge in [0.15, 0.2) is 0 Å². The van der Waals surface area contributed by atoms with Crippen LogP contribution in [0, 0.1) is 31.6 Å². The smallest absolute Gasteiger partial charge is 0.250 e. The number of amides is 3. The van der Waals surface area contributed by atoms with Crippen LogP contribution in [0.2, 0.25) is 0 Å². The van der Waals surface area contributed by atoms with Gasteiger partial charge in [0.2, 0.25) is 17.7 Å². The second kappa shape index (κ2) is 10.5. The van der Waals surface area contributed by atoms with Gasteiger partial charge in [-0.15, -0.1) is 0 Å². The van der Waals surface area contributed by atoms with Crippen LogP contribution in [0.3, 0.4) is 0 Å². The van der Waals surface area contributed by atoms with Crippen molar-refractivity contribution in [3.63, 3.8) is 0 Å². The van der Waals surface area contributed by atoms with E-state index in [1.165, 1.54) is 4.90 Å². The zero-order chi connectivity index (χ0) is 28.8. The normalized spacial score (nSPS) is 30.4. The second-order valence-electron chi connectivity index (χ2n) is 11.6. The summed E-state index contributed by atoms with van der Waals surface area (Å²) >= 11 is 0. The first-order chi connectivity index (χ1) is 19.1. The number of anilines is 2. The highest BCUT2D eigenvalue weighted by atomic mass is 16.5. The molecule has 0 saturated carbocycles. The lowest BCUT2D eigenvalue weighted by Crippen LogP contribution is -2.54. The summed E-state index contributed by atoms with van der Waals surface area (Å²) in [6.07, 6.45) is 0.797. The molecule has 2 bridgehead atoms. The fourth-order valence-corrected chi connectivity index (χ4v) is 7.01. The van der Waals surface area contributed by atoms with Gasteiger partial charge in [0.1, 0.15) is 17.4 Å². The van der Waals surface area contributed by atoms with Crippen LogP contribution in [0.25, 0.3) is 0 Å². The number of nitrogens with zero attached hydrogens (tertiary/aromatic N) is 1. The van der Waals surface area contributed by atoms with Crippen molar-refractivity contribution < 1.29 is 29.0 Å². The molecule has 3 saturated heterocycles. The van der Waals surface area contributed by atoms with Crippen LogP contribution in [-0.2, 0) is 19.1 Å². The zero-order valence-electron chi connectivity index (χ0n) is 23.8. The fourth-order valence-electron chi connectivity index (χ4n) is 7.01. The lowest BCUT2D eigenvalue weighted by atomic mass is 9.62. The molecule has 0 aliphatic carbocycles. The Morgan fingerprint density at radius 2 is 1.85 bits per heavy atom. The molecular formula is C31H39N3O6. The Labute approximate surface area is 235 Å². The van der Waals surface area contributed by atoms with E-state index < -0.39 is 29.1 Å². The Morgan fingerprint density at radius 1 is 1.12 bits per heavy atom. The van der Waals surface area contributed by atoms with E-state index in [0.29, 0.717) is 36.6 Å². The van der Waals surface area contributed by atoms with E-state index in [1.807, 2.05) is 52.8 Å². The predicted molar refractivity (Wildman–Crippen MR) is 151 cm³/mol. The van der Waals surface area contributed by atoms with Crippen LogP contribution < -0.4 is 15.4 Å². The molecule has 9 nitrogen and oxygen atoms in total. The van der Waals surface area contributed by atoms with Gasteiger partial charge in [-0.1, -0.05) is 19.1 Å². The minimum atomic E-state index is -1.15. The van der Waals surface area contributed by atoms with Gasteiger partial charge >= 0.3 is 0 Å². The molecule has 3 fully saturated rings. The molecule has 0 radical (unpaired) electrons. The van der Waals surface area contributed by atoms with Crippen molar-refractivity contribution in [3.8, 4) is 5.75 Å². The Bertz CT molecular complexity index is 1310. The molecule has 40 heavy (non-hydrogen) atoms. The summed E-state index contributed by atoms with van der Waals surface area (Å²) < 4.78 is 12.2. The van der Waals surface area contributed by atoms with Crippen molar-refractivity contribution in [2.75, 3.05) is 30.4 Å². The molecule has 3 aliphatic rings. The third kappa shape index (κ3) is 4.45. The fraction of sp³-hybridized carbons (Fsp3) is 0.516. The first-order valence-electron chi connectivity index (χ1n) is 14.1. The lowest BCUT2D eigenvalue weighted by molar-refractivity contribution is -0.144. The van der Waals surface area contributed by atoms with Crippen molar-refractivity contribution in [1.82, 2.24) is 4.90 Å². The molecule has 3 heterocycles. The first-order valence-corrected chi connectivity index (χ1v) is 14.1. The van der Waals surface area contributed by atoms with E-state index in [1.54, 1.807) is 24.3 Å². The number of likely N-dealkylation sites (tertiary alicyclic amines) is 1. The van der Waals surface area contributed by atoms with Gasteiger partial charge in [-0.05, 0) is 87.9 Å². The third-order valence-corrected chi connectivity index (χ3v) is 8.99. The number of hydrogen-bond donors (Lipinski definition) is 3. The van der Waals surface area contributed by atoms with Crippen LogP contribution in [0.1, 0.15) is 44.7 Å². The summed E-state index contributed by atoms with van der Waals surface area (Å²) in [6, 6.07) is 12.0. The zero-order valence-corrected chi connectivity index (χ0v) is 23.8. The number of fused-ring (bicyclic) bond motifs is 1. The number of carbonyl (C=O) groups excluding carboxylic acids is 3. The van der Waals surface area contributed by atoms with Gasteiger partial charge in [0.25, 0.3) is 0 Å². The maximum Gasteiger partial charge on any atom is 0.250 e. The highest BCUT2D eigenvalue weighted by Crippen LogP contribution is 2.65. The van der Waals surface area contributed by atoms with Crippen LogP contribution in [0.15, 0.2) is 42.5 Å². The molecule has 1 spiro atoms. The number of benzene rings is 2. The average molecular weight is 550 g/mol. The highest BCUT2D eigenvalue weighted by molar-refractivity contribution is 6.05. The molecule has 3 aliphatic heterocycles. The van der Waals surface area contributed by atoms with Crippen LogP contribution in [-0.4, -0.2) is 64.7 Å². The average Bonchev–Trinajstić information content (AvgIpc) is 3.42. The van der Waals surface area contributed by atoms with Crippen molar-refractivity contribution in [2.24, 2.45) is 17.8 Å². The minimum Gasteiger partial charge on any atom is -0.494 e. The van der Waals surface area contributed by atoms with Gasteiger partial charge < -0.3 is 30.1 Å². The third-order valence-electron chi connectivity index (χ3n) is 8.99. The number of ether oxygens (including phenoxy) is 2. The molecule has 6 atom stereocenters. The molecule has 0 aromatic heterocycles. The van der Waals surface area contributed by atoms with Crippen molar-refractivity contribution >= 4 is 29.1 Å². The summed E-state index contributed by atoms with van der Waals surface area (Å²) in [7, 11) is 0. The summed E-state index contributed by atoms with van der Waals surface area (Å²) in [5.41, 5.74) is 1.11. The quantitative estimate of drug-likeness (QED) is 0.440. The van der Waals surface area contributed by atoms with E-state index in [9.17, 15) is 19.5 Å². The highest BCUT2D eigenvalue weighted by Gasteiger charge is 2.79. The van der Waals surface area contributed by atoms with E-state index in [0.717, 1.165) is 11.1 Å². The summed E-state index contributed by atoms with van der Waals surface area (Å²) in [6.45, 7) is 10.3. The molecule has 3 N–H and O–H groups in total. The Balaban J connectivity index is 1.49. The number of aliphatic hydroxyl groups excluding tert-OH is 1. The molecule has 2 aromatic rings. The molecule has 214 valence electrons. The van der Waals surface area contributed by atoms with E-state index in [2.05, 4.69) is 10.6 Å². The van der Waals surface area contributed by atoms with Gasteiger partial charge in [-0.3, -0.25) is 14.4 Å². The number of nitrogens with one attached hydrogen (secondary N) is 2. The Hall–Kier alpha value is -3.43. The Kier molecular flexibility index (Phi) is 7.39. The number of hydrogen-bond acceptors (Lipinski definition) is 6. The van der Waals surface area contributed by atoms with Crippen LogP contribution in [0.4, 0.5) is 11.4 Å². The summed E-state index contributed by atoms with van der Waals surface area (Å²) in [5, 5.41) is 15.6. The van der Waals surface area contributed by atoms with Crippen molar-refractivity contribution in [2.45, 2.75) is 64.7 Å². The maximum absolute atomic E-state index is 14.1. The molecule has 3 unspecified atom stereocenters. The molecular weight excluding hydrogens is 510 g/mol. The van der Waals surface area contributed by atoms with Crippen LogP contribution in [0.5, 0.6) is 5.75 Å². The summed E-state index contributed by atoms with van der Waals surface area (Å²) in [4.78, 5) is 43.5. The summed E-state index contributed by atoms with van der Waals surface area (Å²) in [5.74, 6) is -1.90. The first kappa shape index (κ1) is 28.1. The number of carbonyl (C=O) groups is 3. The van der Waals surface area contributed by atoms with Gasteiger partial charge in [0, 0.05) is 24.5 Å². The monoisotopic (exact) mass is 549 g/mol. The maximum atomic E-state index is 14.1. The number of rotatable bonds is 9. The lowest BCUT2D eigenvalue weighted by Gasteiger charge is -2.36. The van der Waals surface area contributed by atoms with Crippen molar-refractivity contribution in [1.29, 1.82) is 0 Å². The molecule has 9 heteroatoms. The number of aryl methyl sites for hydroxylation is 2. The molecule has 2 aromatic carbocycles. The largest absolute Gasteiger partial charge is 0.494 e. The minimum absolute atomic E-state index is 0.0681. The van der Waals surface area contributed by atoms with E-state index >= 15 is 0 Å². The van der Waals surface area contributed by atoms with E-state index in [4.69, 9.17) is 9.47 Å². The molecule has 5 rings (SSSR count). The topological polar surface area (TPSA) is 117 Å². The standard InChI is InChI=1S/C31H39N3O6/c1-6-39-22-12-10-21(11-13-22)32-27(36)24-25-29(38)34(14-7-15-35)26(31(25)17-20(4)30(24,5)40-31)28(37)33-23-16-18(2)8-9-19(23)3/h8-13,16,20,24-26,35H,6-7,14-15,17H2,1-5H3,(H,32,36)(H,33,37)/t20?,24-,25+,26?,30+,31?/m1/s1. The molecule has 3 amide bonds. The van der Waals surface area contributed by atoms with Crippen LogP contribution >= 0.6 is 0 Å². The van der Waals surface area contributed by atoms with E-state index in [-0.39, 0.29) is 36.8 Å². The van der Waals surface area contributed by atoms with Gasteiger partial charge in [0.05, 0.1) is 24.0 Å².